The topological polar surface area (TPSA) is 12.9 Å². The van der Waals surface area contributed by atoms with Gasteiger partial charge in [-0.1, -0.05) is 11.6 Å². The van der Waals surface area contributed by atoms with Crippen molar-refractivity contribution in [3.63, 3.8) is 0 Å². The Labute approximate surface area is 82.7 Å². The van der Waals surface area contributed by atoms with Gasteiger partial charge in [0.1, 0.15) is 0 Å². The van der Waals surface area contributed by atoms with Crippen LogP contribution >= 0.6 is 23.2 Å². The second-order valence-electron chi connectivity index (χ2n) is 2.79. The summed E-state index contributed by atoms with van der Waals surface area (Å²) in [7, 11) is 0. The van der Waals surface area contributed by atoms with Crippen LogP contribution in [0.25, 0.3) is 0 Å². The van der Waals surface area contributed by atoms with Gasteiger partial charge in [0.2, 0.25) is 0 Å². The van der Waals surface area contributed by atoms with Crippen molar-refractivity contribution in [3.05, 3.63) is 29.0 Å². The van der Waals surface area contributed by atoms with E-state index in [-0.39, 0.29) is 5.38 Å². The highest BCUT2D eigenvalue weighted by atomic mass is 35.5. The zero-order valence-corrected chi connectivity index (χ0v) is 8.44. The van der Waals surface area contributed by atoms with Gasteiger partial charge < -0.3 is 0 Å². The van der Waals surface area contributed by atoms with Crippen molar-refractivity contribution in [3.8, 4) is 0 Å². The van der Waals surface area contributed by atoms with Crippen LogP contribution in [0, 0.1) is 0 Å². The van der Waals surface area contributed by atoms with E-state index in [1.165, 1.54) is 0 Å². The molecule has 0 radical (unpaired) electrons. The Morgan fingerprint density at radius 1 is 1.58 bits per heavy atom. The summed E-state index contributed by atoms with van der Waals surface area (Å²) in [6.45, 7) is 1.98. The molecule has 1 aromatic heterocycles. The van der Waals surface area contributed by atoms with Crippen LogP contribution in [0.15, 0.2) is 18.5 Å². The molecule has 0 aromatic carbocycles. The second-order valence-corrected chi connectivity index (χ2v) is 3.94. The summed E-state index contributed by atoms with van der Waals surface area (Å²) < 4.78 is 0. The Kier molecular flexibility index (Phi) is 3.83. The third-order valence-electron chi connectivity index (χ3n) is 1.67. The molecule has 0 bridgehead atoms. The molecule has 0 saturated carbocycles. The maximum atomic E-state index is 5.90. The Morgan fingerprint density at radius 3 is 2.92 bits per heavy atom. The predicted molar refractivity (Wildman–Crippen MR) is 52.9 cm³/mol. The van der Waals surface area contributed by atoms with Crippen LogP contribution < -0.4 is 0 Å². The van der Waals surface area contributed by atoms with E-state index in [0.717, 1.165) is 23.4 Å². The highest BCUT2D eigenvalue weighted by Gasteiger charge is 2.01. The third kappa shape index (κ3) is 3.00. The molecular weight excluding hydrogens is 193 g/mol. The van der Waals surface area contributed by atoms with Crippen LogP contribution in [-0.2, 0) is 6.42 Å². The van der Waals surface area contributed by atoms with Crippen molar-refractivity contribution in [2.75, 3.05) is 0 Å². The van der Waals surface area contributed by atoms with Crippen molar-refractivity contribution in [2.45, 2.75) is 25.1 Å². The fraction of sp³-hybridized carbons (Fsp3) is 0.444. The molecule has 1 rings (SSSR count). The van der Waals surface area contributed by atoms with Gasteiger partial charge in [-0.3, -0.25) is 4.98 Å². The van der Waals surface area contributed by atoms with E-state index in [1.54, 1.807) is 12.4 Å². The van der Waals surface area contributed by atoms with Crippen molar-refractivity contribution in [1.29, 1.82) is 0 Å². The van der Waals surface area contributed by atoms with Gasteiger partial charge >= 0.3 is 0 Å². The molecular formula is C9H11Cl2N. The van der Waals surface area contributed by atoms with Gasteiger partial charge in [0, 0.05) is 17.8 Å². The largest absolute Gasteiger partial charge is 0.263 e. The first kappa shape index (κ1) is 9.82. The number of hydrogen-bond donors (Lipinski definition) is 0. The number of alkyl halides is 1. The normalized spacial score (nSPS) is 12.9. The fourth-order valence-corrected chi connectivity index (χ4v) is 1.28. The number of pyridine rings is 1. The quantitative estimate of drug-likeness (QED) is 0.688. The molecule has 0 aliphatic rings. The van der Waals surface area contributed by atoms with Crippen LogP contribution in [0.5, 0.6) is 0 Å². The molecule has 0 saturated heterocycles. The lowest BCUT2D eigenvalue weighted by Crippen LogP contribution is -1.95. The maximum Gasteiger partial charge on any atom is 0.0621 e. The van der Waals surface area contributed by atoms with Crippen molar-refractivity contribution in [1.82, 2.24) is 4.98 Å². The summed E-state index contributed by atoms with van der Waals surface area (Å²) in [4.78, 5) is 3.91. The summed E-state index contributed by atoms with van der Waals surface area (Å²) in [5.74, 6) is 0. The van der Waals surface area contributed by atoms with E-state index in [1.807, 2.05) is 13.0 Å². The van der Waals surface area contributed by atoms with E-state index < -0.39 is 0 Å². The molecule has 1 heterocycles. The zero-order chi connectivity index (χ0) is 8.97. The van der Waals surface area contributed by atoms with Gasteiger partial charge in [0.25, 0.3) is 0 Å². The molecule has 66 valence electrons. The van der Waals surface area contributed by atoms with E-state index in [9.17, 15) is 0 Å². The number of halogens is 2. The Hall–Kier alpha value is -0.270. The second kappa shape index (κ2) is 4.68. The number of aryl methyl sites for hydroxylation is 1. The van der Waals surface area contributed by atoms with E-state index in [2.05, 4.69) is 4.98 Å². The minimum atomic E-state index is 0.203. The third-order valence-corrected chi connectivity index (χ3v) is 2.23. The molecule has 1 unspecified atom stereocenters. The summed E-state index contributed by atoms with van der Waals surface area (Å²) in [6, 6.07) is 1.93. The predicted octanol–water partition coefficient (Wildman–Crippen LogP) is 3.29. The van der Waals surface area contributed by atoms with Gasteiger partial charge in [-0.25, -0.2) is 0 Å². The van der Waals surface area contributed by atoms with Crippen LogP contribution in [0.4, 0.5) is 0 Å². The number of nitrogens with zero attached hydrogens (tertiary/aromatic N) is 1. The van der Waals surface area contributed by atoms with Gasteiger partial charge in [-0.15, -0.1) is 11.6 Å². The maximum absolute atomic E-state index is 5.90. The summed E-state index contributed by atoms with van der Waals surface area (Å²) >= 11 is 11.7. The Bertz CT molecular complexity index is 248. The summed E-state index contributed by atoms with van der Waals surface area (Å²) in [5.41, 5.74) is 1.12. The van der Waals surface area contributed by atoms with E-state index in [4.69, 9.17) is 23.2 Å². The average molecular weight is 204 g/mol. The first-order valence-electron chi connectivity index (χ1n) is 3.92. The van der Waals surface area contributed by atoms with Crippen LogP contribution in [-0.4, -0.2) is 10.4 Å². The van der Waals surface area contributed by atoms with Crippen LogP contribution in [0.3, 0.4) is 0 Å². The smallest absolute Gasteiger partial charge is 0.0621 e. The molecule has 0 N–H and O–H groups in total. The zero-order valence-electron chi connectivity index (χ0n) is 6.93. The number of hydrogen-bond acceptors (Lipinski definition) is 1. The van der Waals surface area contributed by atoms with E-state index in [0.29, 0.717) is 0 Å². The molecule has 0 fully saturated rings. The first-order valence-corrected chi connectivity index (χ1v) is 4.74. The minimum absolute atomic E-state index is 0.203. The van der Waals surface area contributed by atoms with Gasteiger partial charge in [0.05, 0.1) is 5.02 Å². The molecule has 0 spiro atoms. The monoisotopic (exact) mass is 203 g/mol. The summed E-state index contributed by atoms with van der Waals surface area (Å²) in [6.07, 6.45) is 5.28. The molecule has 12 heavy (non-hydrogen) atoms. The SMILES string of the molecule is CC(Cl)CCc1ccncc1Cl. The lowest BCUT2D eigenvalue weighted by atomic mass is 10.1. The molecule has 0 aliphatic carbocycles. The average Bonchev–Trinajstić information content (AvgIpc) is 2.03. The van der Waals surface area contributed by atoms with Crippen LogP contribution in [0.2, 0.25) is 5.02 Å². The number of aromatic nitrogens is 1. The fourth-order valence-electron chi connectivity index (χ4n) is 0.961. The Balaban J connectivity index is 2.57. The standard InChI is InChI=1S/C9H11Cl2N/c1-7(10)2-3-8-4-5-12-6-9(8)11/h4-7H,2-3H2,1H3. The van der Waals surface area contributed by atoms with Crippen molar-refractivity contribution < 1.29 is 0 Å². The van der Waals surface area contributed by atoms with Crippen molar-refractivity contribution >= 4 is 23.2 Å². The highest BCUT2D eigenvalue weighted by Crippen LogP contribution is 2.16. The highest BCUT2D eigenvalue weighted by molar-refractivity contribution is 6.31. The molecule has 1 atom stereocenters. The molecule has 0 amide bonds. The van der Waals surface area contributed by atoms with Gasteiger partial charge in [0.15, 0.2) is 0 Å². The summed E-state index contributed by atoms with van der Waals surface area (Å²) in [5, 5.41) is 0.934. The van der Waals surface area contributed by atoms with Gasteiger partial charge in [-0.05, 0) is 31.4 Å². The van der Waals surface area contributed by atoms with Crippen LogP contribution in [0.1, 0.15) is 18.9 Å². The molecule has 1 aromatic rings. The number of rotatable bonds is 3. The first-order chi connectivity index (χ1) is 5.70. The molecule has 3 heteroatoms. The van der Waals surface area contributed by atoms with E-state index >= 15 is 0 Å². The molecule has 0 aliphatic heterocycles. The van der Waals surface area contributed by atoms with Crippen molar-refractivity contribution in [2.24, 2.45) is 0 Å². The molecule has 1 nitrogen and oxygen atoms in total. The minimum Gasteiger partial charge on any atom is -0.263 e. The lowest BCUT2D eigenvalue weighted by molar-refractivity contribution is 0.802. The lowest BCUT2D eigenvalue weighted by Gasteiger charge is -2.03. The van der Waals surface area contributed by atoms with Gasteiger partial charge in [-0.2, -0.15) is 0 Å². The Morgan fingerprint density at radius 2 is 2.33 bits per heavy atom.